The van der Waals surface area contributed by atoms with E-state index in [2.05, 4.69) is 15.2 Å². The zero-order valence-corrected chi connectivity index (χ0v) is 20.0. The van der Waals surface area contributed by atoms with Crippen LogP contribution in [0.3, 0.4) is 0 Å². The van der Waals surface area contributed by atoms with Crippen LogP contribution in [0.2, 0.25) is 0 Å². The molecule has 0 amide bonds. The van der Waals surface area contributed by atoms with Gasteiger partial charge in [-0.2, -0.15) is 0 Å². The van der Waals surface area contributed by atoms with E-state index in [9.17, 15) is 14.9 Å². The van der Waals surface area contributed by atoms with Crippen molar-refractivity contribution >= 4 is 23.0 Å². The van der Waals surface area contributed by atoms with Crippen molar-refractivity contribution in [3.05, 3.63) is 69.0 Å². The Morgan fingerprint density at radius 2 is 1.74 bits per heavy atom. The van der Waals surface area contributed by atoms with E-state index in [0.717, 1.165) is 5.56 Å². The second-order valence-electron chi connectivity index (χ2n) is 7.30. The molecule has 0 saturated carbocycles. The van der Waals surface area contributed by atoms with Crippen molar-refractivity contribution in [2.75, 3.05) is 14.2 Å². The monoisotopic (exact) mass is 496 g/mol. The number of carbonyl (C=O) groups excluding carboxylic acids is 1. The zero-order valence-electron chi connectivity index (χ0n) is 19.2. The molecule has 0 aliphatic carbocycles. The number of thiazole rings is 1. The molecule has 0 aliphatic rings. The summed E-state index contributed by atoms with van der Waals surface area (Å²) in [6.45, 7) is 3.33. The molecule has 4 rings (SSSR count). The number of methoxy groups -OCH3 is 2. The molecule has 0 saturated heterocycles. The number of nitro groups is 1. The summed E-state index contributed by atoms with van der Waals surface area (Å²) in [4.78, 5) is 28.0. The number of hydrogen-bond acceptors (Lipinski definition) is 11. The Morgan fingerprint density at radius 1 is 1.06 bits per heavy atom. The van der Waals surface area contributed by atoms with Crippen LogP contribution in [-0.4, -0.2) is 40.3 Å². The van der Waals surface area contributed by atoms with Gasteiger partial charge < -0.3 is 18.6 Å². The van der Waals surface area contributed by atoms with E-state index in [1.807, 2.05) is 6.07 Å². The van der Waals surface area contributed by atoms with Crippen LogP contribution in [0, 0.1) is 17.0 Å². The second kappa shape index (κ2) is 9.89. The van der Waals surface area contributed by atoms with Crippen LogP contribution >= 0.6 is 11.3 Å². The van der Waals surface area contributed by atoms with Gasteiger partial charge in [-0.25, -0.2) is 9.78 Å². The van der Waals surface area contributed by atoms with Crippen molar-refractivity contribution < 1.29 is 28.3 Å². The first kappa shape index (κ1) is 23.8. The Balaban J connectivity index is 1.49. The largest absolute Gasteiger partial charge is 0.493 e. The molecule has 2 heterocycles. The Hall–Kier alpha value is -4.32. The lowest BCUT2D eigenvalue weighted by molar-refractivity contribution is -0.384. The van der Waals surface area contributed by atoms with E-state index < -0.39 is 17.0 Å². The van der Waals surface area contributed by atoms with Gasteiger partial charge in [-0.05, 0) is 44.2 Å². The molecule has 1 unspecified atom stereocenters. The van der Waals surface area contributed by atoms with E-state index in [1.165, 1.54) is 35.6 Å². The third-order valence-electron chi connectivity index (χ3n) is 5.01. The minimum Gasteiger partial charge on any atom is -0.493 e. The van der Waals surface area contributed by atoms with Gasteiger partial charge >= 0.3 is 5.97 Å². The fraction of sp³-hybridized carbons (Fsp3) is 0.217. The molecule has 0 radical (unpaired) electrons. The third-order valence-corrected chi connectivity index (χ3v) is 6.20. The van der Waals surface area contributed by atoms with E-state index in [4.69, 9.17) is 18.6 Å². The molecule has 2 aromatic heterocycles. The number of hydrogen-bond donors (Lipinski definition) is 0. The highest BCUT2D eigenvalue weighted by atomic mass is 32.1. The summed E-state index contributed by atoms with van der Waals surface area (Å²) >= 11 is 1.19. The van der Waals surface area contributed by atoms with Crippen molar-refractivity contribution in [1.29, 1.82) is 0 Å². The van der Waals surface area contributed by atoms with Gasteiger partial charge in [-0.15, -0.1) is 21.5 Å². The fourth-order valence-electron chi connectivity index (χ4n) is 3.18. The molecular formula is C23H20N4O7S. The Morgan fingerprint density at radius 3 is 2.40 bits per heavy atom. The molecular weight excluding hydrogens is 476 g/mol. The van der Waals surface area contributed by atoms with Crippen molar-refractivity contribution in [2.24, 2.45) is 0 Å². The highest BCUT2D eigenvalue weighted by molar-refractivity contribution is 7.17. The van der Waals surface area contributed by atoms with Gasteiger partial charge in [0, 0.05) is 23.3 Å². The molecule has 4 aromatic rings. The number of aryl methyl sites for hydroxylation is 1. The van der Waals surface area contributed by atoms with Gasteiger partial charge in [0.2, 0.25) is 5.89 Å². The predicted octanol–water partition coefficient (Wildman–Crippen LogP) is 5.01. The maximum Gasteiger partial charge on any atom is 0.351 e. The van der Waals surface area contributed by atoms with Crippen LogP contribution in [0.1, 0.15) is 34.3 Å². The zero-order chi connectivity index (χ0) is 25.1. The average Bonchev–Trinajstić information content (AvgIpc) is 3.51. The number of rotatable bonds is 8. The molecule has 0 aliphatic heterocycles. The Kier molecular flexibility index (Phi) is 6.73. The van der Waals surface area contributed by atoms with Crippen LogP contribution in [0.4, 0.5) is 5.69 Å². The van der Waals surface area contributed by atoms with Crippen molar-refractivity contribution in [3.8, 4) is 33.5 Å². The topological polar surface area (TPSA) is 140 Å². The fourth-order valence-corrected chi connectivity index (χ4v) is 4.13. The summed E-state index contributed by atoms with van der Waals surface area (Å²) in [7, 11) is 3.10. The molecule has 0 fully saturated rings. The van der Waals surface area contributed by atoms with Gasteiger partial charge in [0.05, 0.1) is 24.8 Å². The van der Waals surface area contributed by atoms with Crippen LogP contribution < -0.4 is 9.47 Å². The summed E-state index contributed by atoms with van der Waals surface area (Å²) < 4.78 is 21.8. The molecule has 0 N–H and O–H groups in total. The van der Waals surface area contributed by atoms with Crippen LogP contribution in [-0.2, 0) is 4.74 Å². The van der Waals surface area contributed by atoms with Gasteiger partial charge in [0.25, 0.3) is 11.6 Å². The molecule has 2 aromatic carbocycles. The number of esters is 1. The normalized spacial score (nSPS) is 11.7. The summed E-state index contributed by atoms with van der Waals surface area (Å²) in [6, 6.07) is 11.1. The van der Waals surface area contributed by atoms with E-state index in [0.29, 0.717) is 32.6 Å². The number of carbonyl (C=O) groups is 1. The van der Waals surface area contributed by atoms with Gasteiger partial charge in [0.15, 0.2) is 17.6 Å². The van der Waals surface area contributed by atoms with E-state index >= 15 is 0 Å². The molecule has 1 atom stereocenters. The number of ether oxygens (including phenoxy) is 3. The molecule has 12 heteroatoms. The lowest BCUT2D eigenvalue weighted by atomic mass is 10.2. The van der Waals surface area contributed by atoms with E-state index in [1.54, 1.807) is 40.2 Å². The third kappa shape index (κ3) is 4.96. The smallest absolute Gasteiger partial charge is 0.351 e. The van der Waals surface area contributed by atoms with Gasteiger partial charge in [0.1, 0.15) is 9.88 Å². The van der Waals surface area contributed by atoms with Crippen molar-refractivity contribution in [3.63, 3.8) is 0 Å². The van der Waals surface area contributed by atoms with Crippen LogP contribution in [0.5, 0.6) is 11.5 Å². The Bertz CT molecular complexity index is 1380. The quantitative estimate of drug-likeness (QED) is 0.186. The van der Waals surface area contributed by atoms with Crippen molar-refractivity contribution in [1.82, 2.24) is 15.2 Å². The second-order valence-corrected chi connectivity index (χ2v) is 8.30. The highest BCUT2D eigenvalue weighted by Gasteiger charge is 2.24. The van der Waals surface area contributed by atoms with Gasteiger partial charge in [-0.3, -0.25) is 10.1 Å². The molecule has 11 nitrogen and oxygen atoms in total. The molecule has 0 spiro atoms. The summed E-state index contributed by atoms with van der Waals surface area (Å²) in [5, 5.41) is 19.3. The SMILES string of the molecule is COc1ccc(-c2nc(C)c(C(=O)OC(C)c3nnc(-c4ccc([N+](=O)[O-])cc4)o3)s2)cc1OC. The standard InChI is InChI=1S/C23H20N4O7S/c1-12-19(35-22(24-12)15-7-10-17(31-3)18(11-15)32-4)23(28)33-13(2)20-25-26-21(34-20)14-5-8-16(9-6-14)27(29)30/h5-11,13H,1-4H3. The van der Waals surface area contributed by atoms with Gasteiger partial charge in [-0.1, -0.05) is 0 Å². The number of benzene rings is 2. The minimum atomic E-state index is -0.826. The van der Waals surface area contributed by atoms with Crippen LogP contribution in [0.15, 0.2) is 46.9 Å². The lowest BCUT2D eigenvalue weighted by Crippen LogP contribution is -2.09. The van der Waals surface area contributed by atoms with Crippen molar-refractivity contribution in [2.45, 2.75) is 20.0 Å². The molecule has 35 heavy (non-hydrogen) atoms. The average molecular weight is 497 g/mol. The number of nitro benzene ring substituents is 1. The van der Waals surface area contributed by atoms with E-state index in [-0.39, 0.29) is 17.5 Å². The summed E-state index contributed by atoms with van der Waals surface area (Å²) in [5.41, 5.74) is 1.75. The number of non-ortho nitro benzene ring substituents is 1. The van der Waals surface area contributed by atoms with Crippen LogP contribution in [0.25, 0.3) is 22.0 Å². The molecule has 0 bridgehead atoms. The Labute approximate surface area is 203 Å². The highest BCUT2D eigenvalue weighted by Crippen LogP contribution is 2.35. The maximum absolute atomic E-state index is 12.8. The maximum atomic E-state index is 12.8. The predicted molar refractivity (Wildman–Crippen MR) is 126 cm³/mol. The number of aromatic nitrogens is 3. The number of nitrogens with zero attached hydrogens (tertiary/aromatic N) is 4. The first-order valence-corrected chi connectivity index (χ1v) is 11.1. The first-order valence-electron chi connectivity index (χ1n) is 10.3. The molecule has 180 valence electrons. The first-order chi connectivity index (χ1) is 16.8. The minimum absolute atomic E-state index is 0.0526. The summed E-state index contributed by atoms with van der Waals surface area (Å²) in [6.07, 6.45) is -0.826. The summed E-state index contributed by atoms with van der Waals surface area (Å²) in [5.74, 6) is 0.812. The lowest BCUT2D eigenvalue weighted by Gasteiger charge is -2.08.